The predicted molar refractivity (Wildman–Crippen MR) is 67.2 cm³/mol. The van der Waals surface area contributed by atoms with Crippen LogP contribution < -0.4 is 9.47 Å². The number of halogens is 1. The second-order valence-electron chi connectivity index (χ2n) is 3.70. The summed E-state index contributed by atoms with van der Waals surface area (Å²) in [6.07, 6.45) is 1.24. The van der Waals surface area contributed by atoms with Gasteiger partial charge in [0.2, 0.25) is 0 Å². The normalized spacial score (nSPS) is 12.3. The summed E-state index contributed by atoms with van der Waals surface area (Å²) in [5.74, 6) is 1.50. The lowest BCUT2D eigenvalue weighted by Gasteiger charge is -2.12. The molecule has 0 aliphatic carbocycles. The van der Waals surface area contributed by atoms with Gasteiger partial charge in [-0.1, -0.05) is 0 Å². The Hall–Kier alpha value is -0.740. The van der Waals surface area contributed by atoms with Crippen LogP contribution in [0.25, 0.3) is 0 Å². The van der Waals surface area contributed by atoms with E-state index < -0.39 is 0 Å². The SMILES string of the molecule is COc1cc(CCC(C)O)cc(OC)c1Br. The zero-order valence-corrected chi connectivity index (χ0v) is 11.4. The Kier molecular flexibility index (Phi) is 5.09. The summed E-state index contributed by atoms with van der Waals surface area (Å²) in [4.78, 5) is 0. The van der Waals surface area contributed by atoms with Gasteiger partial charge >= 0.3 is 0 Å². The Balaban J connectivity index is 2.93. The molecule has 16 heavy (non-hydrogen) atoms. The molecule has 1 aromatic carbocycles. The highest BCUT2D eigenvalue weighted by Gasteiger charge is 2.10. The van der Waals surface area contributed by atoms with Crippen molar-refractivity contribution in [2.24, 2.45) is 0 Å². The Bertz CT molecular complexity index is 325. The zero-order valence-electron chi connectivity index (χ0n) is 9.79. The molecule has 1 N–H and O–H groups in total. The molecule has 0 saturated heterocycles. The molecule has 0 amide bonds. The van der Waals surface area contributed by atoms with Gasteiger partial charge < -0.3 is 14.6 Å². The summed E-state index contributed by atoms with van der Waals surface area (Å²) in [7, 11) is 3.25. The molecule has 1 aromatic rings. The molecule has 0 spiro atoms. The van der Waals surface area contributed by atoms with Crippen LogP contribution in [0, 0.1) is 0 Å². The molecule has 0 saturated carbocycles. The number of methoxy groups -OCH3 is 2. The highest BCUT2D eigenvalue weighted by Crippen LogP contribution is 2.35. The van der Waals surface area contributed by atoms with Crippen LogP contribution in [0.3, 0.4) is 0 Å². The van der Waals surface area contributed by atoms with Gasteiger partial charge in [0.05, 0.1) is 20.3 Å². The highest BCUT2D eigenvalue weighted by atomic mass is 79.9. The lowest BCUT2D eigenvalue weighted by molar-refractivity contribution is 0.185. The number of hydrogen-bond acceptors (Lipinski definition) is 3. The van der Waals surface area contributed by atoms with Crippen LogP contribution in [0.1, 0.15) is 18.9 Å². The number of aliphatic hydroxyl groups is 1. The third-order valence-corrected chi connectivity index (χ3v) is 3.14. The Morgan fingerprint density at radius 1 is 1.25 bits per heavy atom. The van der Waals surface area contributed by atoms with Crippen molar-refractivity contribution in [3.05, 3.63) is 22.2 Å². The molecule has 0 heterocycles. The number of hydrogen-bond donors (Lipinski definition) is 1. The number of benzene rings is 1. The minimum absolute atomic E-state index is 0.291. The first-order chi connectivity index (χ1) is 7.58. The first-order valence-electron chi connectivity index (χ1n) is 5.17. The first kappa shape index (κ1) is 13.3. The molecule has 0 aliphatic rings. The number of aryl methyl sites for hydroxylation is 1. The van der Waals surface area contributed by atoms with Crippen molar-refractivity contribution >= 4 is 15.9 Å². The Morgan fingerprint density at radius 2 is 1.75 bits per heavy atom. The van der Waals surface area contributed by atoms with E-state index in [0.717, 1.165) is 34.4 Å². The van der Waals surface area contributed by atoms with Crippen LogP contribution in [0.5, 0.6) is 11.5 Å². The van der Waals surface area contributed by atoms with Gasteiger partial charge in [0.15, 0.2) is 0 Å². The molecular weight excluding hydrogens is 272 g/mol. The number of aliphatic hydroxyl groups excluding tert-OH is 1. The summed E-state index contributed by atoms with van der Waals surface area (Å²) in [5.41, 5.74) is 1.10. The van der Waals surface area contributed by atoms with Gasteiger partial charge in [-0.2, -0.15) is 0 Å². The molecule has 0 aromatic heterocycles. The summed E-state index contributed by atoms with van der Waals surface area (Å²) < 4.78 is 11.3. The van der Waals surface area contributed by atoms with Crippen LogP contribution >= 0.6 is 15.9 Å². The fourth-order valence-corrected chi connectivity index (χ4v) is 2.00. The van der Waals surface area contributed by atoms with Gasteiger partial charge in [-0.3, -0.25) is 0 Å². The van der Waals surface area contributed by atoms with Crippen molar-refractivity contribution in [1.82, 2.24) is 0 Å². The van der Waals surface area contributed by atoms with E-state index >= 15 is 0 Å². The third kappa shape index (κ3) is 3.39. The van der Waals surface area contributed by atoms with Gasteiger partial charge in [-0.15, -0.1) is 0 Å². The maximum absolute atomic E-state index is 9.25. The quantitative estimate of drug-likeness (QED) is 0.906. The van der Waals surface area contributed by atoms with Crippen LogP contribution in [-0.2, 0) is 6.42 Å². The minimum Gasteiger partial charge on any atom is -0.495 e. The molecule has 0 bridgehead atoms. The second kappa shape index (κ2) is 6.11. The van der Waals surface area contributed by atoms with E-state index in [2.05, 4.69) is 15.9 Å². The molecule has 0 fully saturated rings. The molecule has 1 atom stereocenters. The lowest BCUT2D eigenvalue weighted by Crippen LogP contribution is -2.02. The Labute approximate surface area is 105 Å². The van der Waals surface area contributed by atoms with Gasteiger partial charge in [-0.05, 0) is 53.4 Å². The van der Waals surface area contributed by atoms with E-state index in [4.69, 9.17) is 9.47 Å². The van der Waals surface area contributed by atoms with E-state index in [1.54, 1.807) is 21.1 Å². The lowest BCUT2D eigenvalue weighted by atomic mass is 10.1. The van der Waals surface area contributed by atoms with E-state index in [-0.39, 0.29) is 6.10 Å². The molecule has 4 heteroatoms. The molecule has 1 rings (SSSR count). The van der Waals surface area contributed by atoms with E-state index in [1.807, 2.05) is 12.1 Å². The van der Waals surface area contributed by atoms with Crippen molar-refractivity contribution in [2.75, 3.05) is 14.2 Å². The average Bonchev–Trinajstić information content (AvgIpc) is 2.27. The summed E-state index contributed by atoms with van der Waals surface area (Å²) in [6.45, 7) is 1.79. The van der Waals surface area contributed by atoms with E-state index in [1.165, 1.54) is 0 Å². The van der Waals surface area contributed by atoms with Gasteiger partial charge in [-0.25, -0.2) is 0 Å². The van der Waals surface area contributed by atoms with Gasteiger partial charge in [0, 0.05) is 0 Å². The van der Waals surface area contributed by atoms with Crippen molar-refractivity contribution in [3.63, 3.8) is 0 Å². The molecule has 1 unspecified atom stereocenters. The monoisotopic (exact) mass is 288 g/mol. The average molecular weight is 289 g/mol. The fourth-order valence-electron chi connectivity index (χ4n) is 1.44. The topological polar surface area (TPSA) is 38.7 Å². The third-order valence-electron chi connectivity index (χ3n) is 2.36. The van der Waals surface area contributed by atoms with Crippen molar-refractivity contribution in [1.29, 1.82) is 0 Å². The first-order valence-corrected chi connectivity index (χ1v) is 5.96. The number of ether oxygens (including phenoxy) is 2. The second-order valence-corrected chi connectivity index (χ2v) is 4.50. The van der Waals surface area contributed by atoms with E-state index in [0.29, 0.717) is 0 Å². The number of rotatable bonds is 5. The summed E-state index contributed by atoms with van der Waals surface area (Å²) in [5, 5.41) is 9.25. The molecular formula is C12H17BrO3. The minimum atomic E-state index is -0.291. The van der Waals surface area contributed by atoms with Crippen molar-refractivity contribution < 1.29 is 14.6 Å². The van der Waals surface area contributed by atoms with Crippen LogP contribution in [-0.4, -0.2) is 25.4 Å². The van der Waals surface area contributed by atoms with Crippen molar-refractivity contribution in [2.45, 2.75) is 25.9 Å². The Morgan fingerprint density at radius 3 is 2.12 bits per heavy atom. The van der Waals surface area contributed by atoms with Gasteiger partial charge in [0.25, 0.3) is 0 Å². The standard InChI is InChI=1S/C12H17BrO3/c1-8(14)4-5-9-6-10(15-2)12(13)11(7-9)16-3/h6-8,14H,4-5H2,1-3H3. The van der Waals surface area contributed by atoms with Crippen LogP contribution in [0.4, 0.5) is 0 Å². The molecule has 90 valence electrons. The van der Waals surface area contributed by atoms with Gasteiger partial charge in [0.1, 0.15) is 16.0 Å². The molecule has 0 radical (unpaired) electrons. The molecule has 0 aliphatic heterocycles. The highest BCUT2D eigenvalue weighted by molar-refractivity contribution is 9.10. The molecule has 3 nitrogen and oxygen atoms in total. The van der Waals surface area contributed by atoms with E-state index in [9.17, 15) is 5.11 Å². The predicted octanol–water partition coefficient (Wildman–Crippen LogP) is 2.78. The largest absolute Gasteiger partial charge is 0.495 e. The maximum Gasteiger partial charge on any atom is 0.137 e. The zero-order chi connectivity index (χ0) is 12.1. The van der Waals surface area contributed by atoms with Crippen LogP contribution in [0.15, 0.2) is 16.6 Å². The summed E-state index contributed by atoms with van der Waals surface area (Å²) in [6, 6.07) is 3.91. The van der Waals surface area contributed by atoms with Crippen molar-refractivity contribution in [3.8, 4) is 11.5 Å². The smallest absolute Gasteiger partial charge is 0.137 e. The summed E-state index contributed by atoms with van der Waals surface area (Å²) >= 11 is 3.42. The maximum atomic E-state index is 9.25. The fraction of sp³-hybridized carbons (Fsp3) is 0.500. The van der Waals surface area contributed by atoms with Crippen LogP contribution in [0.2, 0.25) is 0 Å².